The molecular formula is C13H18N2. The fourth-order valence-corrected chi connectivity index (χ4v) is 2.28. The lowest BCUT2D eigenvalue weighted by Gasteiger charge is -2.19. The standard InChI is InChI=1S/C13H18N2/c1-9-11(13(2,3)4)12-10(15(9)5)7-6-8-14-12/h6-8H,1-5H3. The van der Waals surface area contributed by atoms with Crippen LogP contribution in [-0.4, -0.2) is 9.55 Å². The average molecular weight is 202 g/mol. The van der Waals surface area contributed by atoms with E-state index in [0.717, 1.165) is 5.52 Å². The minimum Gasteiger partial charge on any atom is -0.346 e. The molecule has 0 saturated carbocycles. The highest BCUT2D eigenvalue weighted by molar-refractivity contribution is 5.82. The van der Waals surface area contributed by atoms with Crippen molar-refractivity contribution in [1.82, 2.24) is 9.55 Å². The van der Waals surface area contributed by atoms with Crippen LogP contribution in [0.1, 0.15) is 32.0 Å². The van der Waals surface area contributed by atoms with Gasteiger partial charge in [0, 0.05) is 24.5 Å². The Morgan fingerprint density at radius 1 is 1.27 bits per heavy atom. The first-order valence-electron chi connectivity index (χ1n) is 5.33. The molecule has 0 aromatic carbocycles. The molecule has 0 fully saturated rings. The van der Waals surface area contributed by atoms with Crippen LogP contribution in [0.5, 0.6) is 0 Å². The van der Waals surface area contributed by atoms with E-state index in [-0.39, 0.29) is 5.41 Å². The fourth-order valence-electron chi connectivity index (χ4n) is 2.28. The van der Waals surface area contributed by atoms with Crippen LogP contribution in [0.3, 0.4) is 0 Å². The van der Waals surface area contributed by atoms with Crippen molar-refractivity contribution in [2.45, 2.75) is 33.1 Å². The van der Waals surface area contributed by atoms with Gasteiger partial charge in [-0.2, -0.15) is 0 Å². The molecule has 0 amide bonds. The van der Waals surface area contributed by atoms with Gasteiger partial charge in [0.15, 0.2) is 0 Å². The summed E-state index contributed by atoms with van der Waals surface area (Å²) in [4.78, 5) is 4.51. The Kier molecular flexibility index (Phi) is 2.10. The van der Waals surface area contributed by atoms with Crippen molar-refractivity contribution < 1.29 is 0 Å². The van der Waals surface area contributed by atoms with Gasteiger partial charge in [0.05, 0.1) is 11.0 Å². The molecule has 0 bridgehead atoms. The normalized spacial score (nSPS) is 12.3. The highest BCUT2D eigenvalue weighted by Gasteiger charge is 2.23. The van der Waals surface area contributed by atoms with Gasteiger partial charge in [0.2, 0.25) is 0 Å². The first kappa shape index (κ1) is 10.2. The lowest BCUT2D eigenvalue weighted by Crippen LogP contribution is -2.13. The molecule has 80 valence electrons. The van der Waals surface area contributed by atoms with Crippen molar-refractivity contribution in [3.63, 3.8) is 0 Å². The molecule has 2 aromatic heterocycles. The fraction of sp³-hybridized carbons (Fsp3) is 0.462. The van der Waals surface area contributed by atoms with Crippen molar-refractivity contribution >= 4 is 11.0 Å². The van der Waals surface area contributed by atoms with Gasteiger partial charge in [-0.05, 0) is 24.5 Å². The predicted molar refractivity (Wildman–Crippen MR) is 64.2 cm³/mol. The van der Waals surface area contributed by atoms with Gasteiger partial charge in [0.25, 0.3) is 0 Å². The summed E-state index contributed by atoms with van der Waals surface area (Å²) in [7, 11) is 2.11. The third-order valence-electron chi connectivity index (χ3n) is 3.00. The van der Waals surface area contributed by atoms with Crippen LogP contribution in [0.25, 0.3) is 11.0 Å². The van der Waals surface area contributed by atoms with Crippen molar-refractivity contribution in [3.05, 3.63) is 29.6 Å². The van der Waals surface area contributed by atoms with E-state index in [1.54, 1.807) is 0 Å². The molecule has 0 radical (unpaired) electrons. The summed E-state index contributed by atoms with van der Waals surface area (Å²) in [6, 6.07) is 4.12. The van der Waals surface area contributed by atoms with E-state index >= 15 is 0 Å². The topological polar surface area (TPSA) is 17.8 Å². The third kappa shape index (κ3) is 1.44. The predicted octanol–water partition coefficient (Wildman–Crippen LogP) is 3.18. The Bertz CT molecular complexity index is 501. The van der Waals surface area contributed by atoms with Crippen LogP contribution in [0.15, 0.2) is 18.3 Å². The SMILES string of the molecule is Cc1c(C(C)(C)C)c2ncccc2n1C. The molecule has 2 rings (SSSR count). The summed E-state index contributed by atoms with van der Waals surface area (Å²) >= 11 is 0. The molecule has 15 heavy (non-hydrogen) atoms. The van der Waals surface area contributed by atoms with Gasteiger partial charge in [-0.3, -0.25) is 4.98 Å². The van der Waals surface area contributed by atoms with E-state index in [4.69, 9.17) is 0 Å². The summed E-state index contributed by atoms with van der Waals surface area (Å²) in [6.07, 6.45) is 1.87. The Labute approximate surface area is 90.9 Å². The molecule has 0 aliphatic carbocycles. The molecule has 2 heterocycles. The van der Waals surface area contributed by atoms with Crippen LogP contribution in [0.2, 0.25) is 0 Å². The molecule has 0 spiro atoms. The molecule has 0 aliphatic rings. The van der Waals surface area contributed by atoms with Gasteiger partial charge in [0.1, 0.15) is 0 Å². The zero-order chi connectivity index (χ0) is 11.2. The lowest BCUT2D eigenvalue weighted by atomic mass is 9.86. The van der Waals surface area contributed by atoms with Gasteiger partial charge >= 0.3 is 0 Å². The molecule has 0 unspecified atom stereocenters. The van der Waals surface area contributed by atoms with E-state index in [0.29, 0.717) is 0 Å². The van der Waals surface area contributed by atoms with Crippen LogP contribution in [-0.2, 0) is 12.5 Å². The van der Waals surface area contributed by atoms with Gasteiger partial charge in [-0.1, -0.05) is 20.8 Å². The van der Waals surface area contributed by atoms with Gasteiger partial charge in [-0.25, -0.2) is 0 Å². The number of fused-ring (bicyclic) bond motifs is 1. The smallest absolute Gasteiger partial charge is 0.0920 e. The minimum atomic E-state index is 0.151. The lowest BCUT2D eigenvalue weighted by molar-refractivity contribution is 0.586. The first-order chi connectivity index (χ1) is 6.93. The van der Waals surface area contributed by atoms with E-state index in [2.05, 4.69) is 50.4 Å². The number of rotatable bonds is 0. The zero-order valence-corrected chi connectivity index (χ0v) is 10.1. The molecule has 2 heteroatoms. The zero-order valence-electron chi connectivity index (χ0n) is 10.1. The van der Waals surface area contributed by atoms with Crippen molar-refractivity contribution in [2.24, 2.45) is 7.05 Å². The Hall–Kier alpha value is -1.31. The molecule has 2 nitrogen and oxygen atoms in total. The van der Waals surface area contributed by atoms with Gasteiger partial charge in [-0.15, -0.1) is 0 Å². The van der Waals surface area contributed by atoms with Crippen molar-refractivity contribution in [1.29, 1.82) is 0 Å². The van der Waals surface area contributed by atoms with Crippen LogP contribution >= 0.6 is 0 Å². The maximum Gasteiger partial charge on any atom is 0.0920 e. The largest absolute Gasteiger partial charge is 0.346 e. The summed E-state index contributed by atoms with van der Waals surface area (Å²) in [5.41, 5.74) is 5.19. The summed E-state index contributed by atoms with van der Waals surface area (Å²) in [5, 5.41) is 0. The van der Waals surface area contributed by atoms with Crippen LogP contribution in [0, 0.1) is 6.92 Å². The second-order valence-corrected chi connectivity index (χ2v) is 5.14. The summed E-state index contributed by atoms with van der Waals surface area (Å²) in [5.74, 6) is 0. The number of nitrogens with zero attached hydrogens (tertiary/aromatic N) is 2. The molecular weight excluding hydrogens is 184 g/mol. The molecule has 0 saturated heterocycles. The maximum atomic E-state index is 4.51. The number of aromatic nitrogens is 2. The Morgan fingerprint density at radius 2 is 1.93 bits per heavy atom. The Balaban J connectivity index is 2.90. The highest BCUT2D eigenvalue weighted by atomic mass is 15.0. The van der Waals surface area contributed by atoms with Crippen molar-refractivity contribution in [2.75, 3.05) is 0 Å². The van der Waals surface area contributed by atoms with Crippen LogP contribution in [0.4, 0.5) is 0 Å². The second-order valence-electron chi connectivity index (χ2n) is 5.14. The quantitative estimate of drug-likeness (QED) is 0.641. The molecule has 0 N–H and O–H groups in total. The maximum absolute atomic E-state index is 4.51. The van der Waals surface area contributed by atoms with Crippen LogP contribution < -0.4 is 0 Å². The minimum absolute atomic E-state index is 0.151. The monoisotopic (exact) mass is 202 g/mol. The molecule has 0 aliphatic heterocycles. The average Bonchev–Trinajstić information content (AvgIpc) is 2.39. The highest BCUT2D eigenvalue weighted by Crippen LogP contribution is 2.33. The molecule has 0 atom stereocenters. The summed E-state index contributed by atoms with van der Waals surface area (Å²) < 4.78 is 2.23. The number of hydrogen-bond donors (Lipinski definition) is 0. The third-order valence-corrected chi connectivity index (χ3v) is 3.00. The number of aryl methyl sites for hydroxylation is 1. The van der Waals surface area contributed by atoms with E-state index < -0.39 is 0 Å². The Morgan fingerprint density at radius 3 is 2.53 bits per heavy atom. The number of pyridine rings is 1. The first-order valence-corrected chi connectivity index (χ1v) is 5.33. The second kappa shape index (κ2) is 3.09. The van der Waals surface area contributed by atoms with Crippen molar-refractivity contribution in [3.8, 4) is 0 Å². The van der Waals surface area contributed by atoms with E-state index in [1.165, 1.54) is 16.8 Å². The molecule has 2 aromatic rings. The summed E-state index contributed by atoms with van der Waals surface area (Å²) in [6.45, 7) is 8.89. The van der Waals surface area contributed by atoms with Gasteiger partial charge < -0.3 is 4.57 Å². The van der Waals surface area contributed by atoms with E-state index in [9.17, 15) is 0 Å². The number of hydrogen-bond acceptors (Lipinski definition) is 1. The van der Waals surface area contributed by atoms with E-state index in [1.807, 2.05) is 12.3 Å².